The lowest BCUT2D eigenvalue weighted by atomic mass is 9.90. The third-order valence-corrected chi connectivity index (χ3v) is 5.02. The summed E-state index contributed by atoms with van der Waals surface area (Å²) in [5, 5.41) is 3.84. The van der Waals surface area contributed by atoms with E-state index in [0.717, 1.165) is 25.0 Å². The lowest BCUT2D eigenvalue weighted by molar-refractivity contribution is 0.0696. The second kappa shape index (κ2) is 8.43. The van der Waals surface area contributed by atoms with Crippen molar-refractivity contribution >= 4 is 5.91 Å². The highest BCUT2D eigenvalue weighted by Gasteiger charge is 2.27. The van der Waals surface area contributed by atoms with Crippen molar-refractivity contribution in [2.75, 3.05) is 13.1 Å². The van der Waals surface area contributed by atoms with Gasteiger partial charge in [-0.15, -0.1) is 0 Å². The van der Waals surface area contributed by atoms with Crippen LogP contribution < -0.4 is 4.74 Å². The van der Waals surface area contributed by atoms with E-state index in [1.807, 2.05) is 18.2 Å². The van der Waals surface area contributed by atoms with E-state index in [1.165, 1.54) is 17.7 Å². The maximum absolute atomic E-state index is 13.6. The number of carbonyl (C=O) groups is 1. The third-order valence-electron chi connectivity index (χ3n) is 5.02. The number of benzene rings is 2. The molecule has 1 aliphatic heterocycles. The molecular formula is C22H20F2N2O3. The summed E-state index contributed by atoms with van der Waals surface area (Å²) in [6.07, 6.45) is 1.96. The van der Waals surface area contributed by atoms with Gasteiger partial charge in [-0.2, -0.15) is 0 Å². The predicted molar refractivity (Wildman–Crippen MR) is 102 cm³/mol. The average Bonchev–Trinajstić information content (AvgIpc) is 3.22. The van der Waals surface area contributed by atoms with Crippen molar-refractivity contribution in [3.63, 3.8) is 0 Å². The molecule has 5 nitrogen and oxygen atoms in total. The number of hydrogen-bond donors (Lipinski definition) is 0. The van der Waals surface area contributed by atoms with Crippen LogP contribution in [-0.4, -0.2) is 29.1 Å². The van der Waals surface area contributed by atoms with Crippen LogP contribution in [0.3, 0.4) is 0 Å². The van der Waals surface area contributed by atoms with E-state index >= 15 is 0 Å². The number of halogens is 2. The fraction of sp³-hybridized carbons (Fsp3) is 0.273. The van der Waals surface area contributed by atoms with E-state index in [9.17, 15) is 13.6 Å². The average molecular weight is 398 g/mol. The molecule has 1 atom stereocenters. The van der Waals surface area contributed by atoms with E-state index in [2.05, 4.69) is 17.3 Å². The van der Waals surface area contributed by atoms with Crippen molar-refractivity contribution in [1.82, 2.24) is 10.1 Å². The number of carbonyl (C=O) groups excluding carboxylic acids is 1. The predicted octanol–water partition coefficient (Wildman–Crippen LogP) is 4.55. The van der Waals surface area contributed by atoms with Gasteiger partial charge < -0.3 is 14.2 Å². The Labute approximate surface area is 166 Å². The van der Waals surface area contributed by atoms with Gasteiger partial charge >= 0.3 is 0 Å². The minimum absolute atomic E-state index is 0.0996. The van der Waals surface area contributed by atoms with Gasteiger partial charge in [0.25, 0.3) is 5.91 Å². The molecule has 1 aliphatic rings. The summed E-state index contributed by atoms with van der Waals surface area (Å²) >= 11 is 0. The van der Waals surface area contributed by atoms with Crippen molar-refractivity contribution in [2.45, 2.75) is 25.4 Å². The van der Waals surface area contributed by atoms with Crippen molar-refractivity contribution in [3.8, 4) is 5.75 Å². The number of nitrogens with zero attached hydrogens (tertiary/aromatic N) is 2. The second-order valence-electron chi connectivity index (χ2n) is 7.04. The van der Waals surface area contributed by atoms with Crippen LogP contribution in [0.5, 0.6) is 5.75 Å². The number of rotatable bonds is 5. The van der Waals surface area contributed by atoms with Crippen LogP contribution in [-0.2, 0) is 6.61 Å². The number of piperidine rings is 1. The fourth-order valence-corrected chi connectivity index (χ4v) is 3.54. The Hall–Kier alpha value is -3.22. The molecule has 1 amide bonds. The number of hydrogen-bond acceptors (Lipinski definition) is 4. The molecule has 0 N–H and O–H groups in total. The molecule has 0 aliphatic carbocycles. The SMILES string of the molecule is O=C(c1cc(COc2ccc(F)cc2F)on1)N1CCC[C@H](c2ccccc2)C1. The summed E-state index contributed by atoms with van der Waals surface area (Å²) in [6, 6.07) is 14.7. The van der Waals surface area contributed by atoms with Crippen LogP contribution in [0.2, 0.25) is 0 Å². The topological polar surface area (TPSA) is 55.6 Å². The fourth-order valence-electron chi connectivity index (χ4n) is 3.54. The van der Waals surface area contributed by atoms with Crippen molar-refractivity contribution in [2.24, 2.45) is 0 Å². The number of likely N-dealkylation sites (tertiary alicyclic amines) is 1. The minimum Gasteiger partial charge on any atom is -0.482 e. The standard InChI is InChI=1S/C22H20F2N2O3/c23-17-8-9-21(19(24)11-17)28-14-18-12-20(25-29-18)22(27)26-10-4-7-16(13-26)15-5-2-1-3-6-15/h1-3,5-6,8-9,11-12,16H,4,7,10,13-14H2/t16-/m0/s1. The molecule has 0 unspecified atom stereocenters. The van der Waals surface area contributed by atoms with E-state index in [-0.39, 0.29) is 29.7 Å². The molecule has 2 heterocycles. The first-order valence-electron chi connectivity index (χ1n) is 9.48. The lowest BCUT2D eigenvalue weighted by Crippen LogP contribution is -2.39. The quantitative estimate of drug-likeness (QED) is 0.633. The van der Waals surface area contributed by atoms with Crippen LogP contribution in [0.4, 0.5) is 8.78 Å². The van der Waals surface area contributed by atoms with Crippen molar-refractivity contribution in [3.05, 3.63) is 83.2 Å². The Morgan fingerprint density at radius 3 is 2.79 bits per heavy atom. The number of aromatic nitrogens is 1. The van der Waals surface area contributed by atoms with Gasteiger partial charge in [0.2, 0.25) is 0 Å². The smallest absolute Gasteiger partial charge is 0.276 e. The van der Waals surface area contributed by atoms with Crippen LogP contribution in [0.25, 0.3) is 0 Å². The van der Waals surface area contributed by atoms with Crippen molar-refractivity contribution < 1.29 is 22.8 Å². The van der Waals surface area contributed by atoms with Gasteiger partial charge in [0.05, 0.1) is 0 Å². The summed E-state index contributed by atoms with van der Waals surface area (Å²) in [6.45, 7) is 1.18. The third kappa shape index (κ3) is 4.45. The zero-order chi connectivity index (χ0) is 20.2. The zero-order valence-electron chi connectivity index (χ0n) is 15.7. The molecule has 3 aromatic rings. The number of ether oxygens (including phenoxy) is 1. The molecule has 0 saturated carbocycles. The van der Waals surface area contributed by atoms with Gasteiger partial charge in [-0.3, -0.25) is 4.79 Å². The molecule has 0 radical (unpaired) electrons. The maximum atomic E-state index is 13.6. The normalized spacial score (nSPS) is 16.6. The Morgan fingerprint density at radius 1 is 1.17 bits per heavy atom. The monoisotopic (exact) mass is 398 g/mol. The summed E-state index contributed by atoms with van der Waals surface area (Å²) in [5.74, 6) is -1.21. The van der Waals surface area contributed by atoms with E-state index < -0.39 is 11.6 Å². The molecule has 4 rings (SSSR count). The Kier molecular flexibility index (Phi) is 5.55. The maximum Gasteiger partial charge on any atom is 0.276 e. The highest BCUT2D eigenvalue weighted by atomic mass is 19.1. The second-order valence-corrected chi connectivity index (χ2v) is 7.04. The molecule has 1 aromatic heterocycles. The molecule has 29 heavy (non-hydrogen) atoms. The highest BCUT2D eigenvalue weighted by Crippen LogP contribution is 2.27. The van der Waals surface area contributed by atoms with Crippen molar-refractivity contribution in [1.29, 1.82) is 0 Å². The van der Waals surface area contributed by atoms with Crippen LogP contribution in [0.1, 0.15) is 40.6 Å². The largest absolute Gasteiger partial charge is 0.482 e. The van der Waals surface area contributed by atoms with Crippen LogP contribution >= 0.6 is 0 Å². The molecule has 0 spiro atoms. The summed E-state index contributed by atoms with van der Waals surface area (Å²) in [7, 11) is 0. The first-order chi connectivity index (χ1) is 14.1. The highest BCUT2D eigenvalue weighted by molar-refractivity contribution is 5.92. The molecule has 7 heteroatoms. The van der Waals surface area contributed by atoms with Gasteiger partial charge in [-0.05, 0) is 30.5 Å². The molecule has 1 saturated heterocycles. The minimum atomic E-state index is -0.805. The molecule has 150 valence electrons. The van der Waals surface area contributed by atoms with Crippen LogP contribution in [0, 0.1) is 11.6 Å². The Balaban J connectivity index is 1.39. The molecule has 1 fully saturated rings. The van der Waals surface area contributed by atoms with Gasteiger partial charge in [-0.1, -0.05) is 35.5 Å². The first-order valence-corrected chi connectivity index (χ1v) is 9.48. The molecule has 0 bridgehead atoms. The summed E-state index contributed by atoms with van der Waals surface area (Å²) < 4.78 is 37.0. The molecule has 2 aromatic carbocycles. The van der Waals surface area contributed by atoms with Gasteiger partial charge in [0.1, 0.15) is 12.4 Å². The van der Waals surface area contributed by atoms with Gasteiger partial charge in [0.15, 0.2) is 23.0 Å². The zero-order valence-corrected chi connectivity index (χ0v) is 15.7. The van der Waals surface area contributed by atoms with Gasteiger partial charge in [-0.25, -0.2) is 8.78 Å². The molecular weight excluding hydrogens is 378 g/mol. The van der Waals surface area contributed by atoms with E-state index in [4.69, 9.17) is 9.26 Å². The Morgan fingerprint density at radius 2 is 2.00 bits per heavy atom. The number of amides is 1. The summed E-state index contributed by atoms with van der Waals surface area (Å²) in [5.41, 5.74) is 1.41. The lowest BCUT2D eigenvalue weighted by Gasteiger charge is -2.32. The van der Waals surface area contributed by atoms with Crippen LogP contribution in [0.15, 0.2) is 59.1 Å². The Bertz CT molecular complexity index is 991. The van der Waals surface area contributed by atoms with E-state index in [0.29, 0.717) is 19.0 Å². The first kappa shape index (κ1) is 19.1. The van der Waals surface area contributed by atoms with Gasteiger partial charge in [0, 0.05) is 31.1 Å². The summed E-state index contributed by atoms with van der Waals surface area (Å²) in [4.78, 5) is 14.6. The van der Waals surface area contributed by atoms with E-state index in [1.54, 1.807) is 4.90 Å².